The van der Waals surface area contributed by atoms with E-state index in [1.165, 1.54) is 11.8 Å². The van der Waals surface area contributed by atoms with E-state index in [0.29, 0.717) is 39.3 Å². The summed E-state index contributed by atoms with van der Waals surface area (Å²) in [7, 11) is 3.19. The zero-order valence-corrected chi connectivity index (χ0v) is 16.3. The maximum absolute atomic E-state index is 11.4. The Hall–Kier alpha value is -3.53. The summed E-state index contributed by atoms with van der Waals surface area (Å²) < 4.78 is 17.6. The molecule has 2 aromatic carbocycles. The molecule has 0 fully saturated rings. The second-order valence-electron chi connectivity index (χ2n) is 6.25. The minimum atomic E-state index is -0.480. The fourth-order valence-corrected chi connectivity index (χ4v) is 3.98. The number of nitrogens with zero attached hydrogens (tertiary/aromatic N) is 4. The molecule has 1 N–H and O–H groups in total. The second-order valence-corrected chi connectivity index (χ2v) is 7.19. The lowest BCUT2D eigenvalue weighted by atomic mass is 10.1. The van der Waals surface area contributed by atoms with Crippen molar-refractivity contribution < 1.29 is 13.9 Å². The second kappa shape index (κ2) is 6.82. The lowest BCUT2D eigenvalue weighted by Gasteiger charge is -2.15. The van der Waals surface area contributed by atoms with E-state index in [-0.39, 0.29) is 0 Å². The van der Waals surface area contributed by atoms with Crippen LogP contribution >= 0.6 is 11.8 Å². The largest absolute Gasteiger partial charge is 0.497 e. The van der Waals surface area contributed by atoms with Crippen molar-refractivity contribution in [1.82, 2.24) is 19.9 Å². The number of ether oxygens (including phenoxy) is 2. The minimum Gasteiger partial charge on any atom is -0.497 e. The van der Waals surface area contributed by atoms with Gasteiger partial charge in [0.2, 0.25) is 5.16 Å². The van der Waals surface area contributed by atoms with E-state index in [1.807, 2.05) is 18.2 Å². The van der Waals surface area contributed by atoms with Gasteiger partial charge in [-0.15, -0.1) is 10.2 Å². The molecule has 29 heavy (non-hydrogen) atoms. The van der Waals surface area contributed by atoms with Crippen molar-refractivity contribution in [3.63, 3.8) is 0 Å². The van der Waals surface area contributed by atoms with E-state index in [9.17, 15) is 4.79 Å². The maximum atomic E-state index is 11.4. The normalized spacial score (nSPS) is 13.2. The summed E-state index contributed by atoms with van der Waals surface area (Å²) in [6.07, 6.45) is 0. The fraction of sp³-hybridized carbons (Fsp3) is 0.158. The Bertz CT molecular complexity index is 1320. The third-order valence-corrected chi connectivity index (χ3v) is 5.51. The number of aromatic amines is 1. The van der Waals surface area contributed by atoms with Gasteiger partial charge < -0.3 is 13.9 Å². The van der Waals surface area contributed by atoms with Crippen molar-refractivity contribution >= 4 is 28.6 Å². The Balaban J connectivity index is 1.60. The lowest BCUT2D eigenvalue weighted by molar-refractivity contribution is 0.395. The molecule has 146 valence electrons. The van der Waals surface area contributed by atoms with Crippen LogP contribution in [0.5, 0.6) is 11.5 Å². The van der Waals surface area contributed by atoms with E-state index in [1.54, 1.807) is 37.1 Å². The van der Waals surface area contributed by atoms with Crippen LogP contribution in [-0.2, 0) is 0 Å². The molecule has 0 aliphatic carbocycles. The number of rotatable bonds is 4. The van der Waals surface area contributed by atoms with Crippen molar-refractivity contribution in [3.8, 4) is 22.9 Å². The van der Waals surface area contributed by atoms with Gasteiger partial charge in [0.1, 0.15) is 11.5 Å². The van der Waals surface area contributed by atoms with Gasteiger partial charge in [-0.05, 0) is 24.3 Å². The molecule has 0 amide bonds. The van der Waals surface area contributed by atoms with Crippen LogP contribution in [0.1, 0.15) is 5.56 Å². The summed E-state index contributed by atoms with van der Waals surface area (Å²) >= 11 is 1.53. The molecule has 0 unspecified atom stereocenters. The van der Waals surface area contributed by atoms with E-state index < -0.39 is 5.76 Å². The van der Waals surface area contributed by atoms with Gasteiger partial charge in [-0.25, -0.2) is 4.79 Å². The predicted octanol–water partition coefficient (Wildman–Crippen LogP) is 2.75. The first kappa shape index (κ1) is 17.6. The van der Waals surface area contributed by atoms with Crippen LogP contribution in [0.15, 0.2) is 55.9 Å². The Morgan fingerprint density at radius 1 is 1.14 bits per heavy atom. The Kier molecular flexibility index (Phi) is 4.13. The average molecular weight is 409 g/mol. The van der Waals surface area contributed by atoms with Crippen molar-refractivity contribution in [3.05, 3.63) is 52.5 Å². The van der Waals surface area contributed by atoms with Gasteiger partial charge in [-0.1, -0.05) is 17.8 Å². The number of hydrogen-bond donors (Lipinski definition) is 1. The molecule has 0 radical (unpaired) electrons. The van der Waals surface area contributed by atoms with Crippen LogP contribution in [0.25, 0.3) is 22.5 Å². The van der Waals surface area contributed by atoms with Gasteiger partial charge in [0.05, 0.1) is 31.0 Å². The van der Waals surface area contributed by atoms with Crippen LogP contribution in [0.2, 0.25) is 0 Å². The van der Waals surface area contributed by atoms with Gasteiger partial charge >= 0.3 is 5.76 Å². The lowest BCUT2D eigenvalue weighted by Crippen LogP contribution is -2.13. The molecule has 9 nitrogen and oxygen atoms in total. The number of hydrogen-bond acceptors (Lipinski definition) is 8. The van der Waals surface area contributed by atoms with E-state index >= 15 is 0 Å². The van der Waals surface area contributed by atoms with Crippen molar-refractivity contribution in [2.45, 2.75) is 5.16 Å². The van der Waals surface area contributed by atoms with Crippen molar-refractivity contribution in [2.24, 2.45) is 5.10 Å². The Labute approximate surface area is 168 Å². The maximum Gasteiger partial charge on any atom is 0.417 e. The highest BCUT2D eigenvalue weighted by Crippen LogP contribution is 2.35. The van der Waals surface area contributed by atoms with Crippen LogP contribution in [-0.4, -0.2) is 45.5 Å². The van der Waals surface area contributed by atoms with Gasteiger partial charge in [0.15, 0.2) is 11.4 Å². The van der Waals surface area contributed by atoms with Crippen molar-refractivity contribution in [2.75, 3.05) is 20.0 Å². The van der Waals surface area contributed by atoms with Gasteiger partial charge in [0, 0.05) is 17.4 Å². The molecule has 0 bridgehead atoms. The predicted molar refractivity (Wildman–Crippen MR) is 108 cm³/mol. The van der Waals surface area contributed by atoms with Gasteiger partial charge in [-0.2, -0.15) is 9.78 Å². The van der Waals surface area contributed by atoms with E-state index in [2.05, 4.69) is 15.2 Å². The number of benzene rings is 2. The smallest absolute Gasteiger partial charge is 0.417 e. The summed E-state index contributed by atoms with van der Waals surface area (Å²) in [6.45, 7) is 0. The minimum absolute atomic E-state index is 0.480. The molecule has 0 spiro atoms. The Morgan fingerprint density at radius 3 is 2.86 bits per heavy atom. The molecule has 1 aliphatic rings. The first-order chi connectivity index (χ1) is 14.2. The number of oxazole rings is 1. The highest BCUT2D eigenvalue weighted by atomic mass is 32.2. The average Bonchev–Trinajstić information content (AvgIpc) is 3.34. The summed E-state index contributed by atoms with van der Waals surface area (Å²) in [5.41, 5.74) is 3.58. The number of fused-ring (bicyclic) bond motifs is 2. The highest BCUT2D eigenvalue weighted by molar-refractivity contribution is 7.99. The molecule has 0 saturated heterocycles. The van der Waals surface area contributed by atoms with E-state index in [4.69, 9.17) is 19.0 Å². The molecule has 0 saturated carbocycles. The first-order valence-corrected chi connectivity index (χ1v) is 9.66. The number of thioether (sulfide) groups is 1. The number of methoxy groups -OCH3 is 2. The molecule has 4 aromatic rings. The topological polar surface area (TPSA) is 108 Å². The zero-order valence-electron chi connectivity index (χ0n) is 15.5. The number of H-pyrrole nitrogens is 1. The molecule has 3 heterocycles. The summed E-state index contributed by atoms with van der Waals surface area (Å²) in [4.78, 5) is 14.1. The number of aromatic nitrogens is 4. The molecule has 1 aliphatic heterocycles. The van der Waals surface area contributed by atoms with Crippen LogP contribution in [0, 0.1) is 0 Å². The van der Waals surface area contributed by atoms with E-state index in [0.717, 1.165) is 16.8 Å². The monoisotopic (exact) mass is 409 g/mol. The summed E-state index contributed by atoms with van der Waals surface area (Å²) in [6, 6.07) is 11.0. The highest BCUT2D eigenvalue weighted by Gasteiger charge is 2.23. The third kappa shape index (κ3) is 2.97. The van der Waals surface area contributed by atoms with Crippen molar-refractivity contribution in [1.29, 1.82) is 0 Å². The quantitative estimate of drug-likeness (QED) is 0.552. The first-order valence-electron chi connectivity index (χ1n) is 8.68. The number of nitrogens with one attached hydrogen (secondary N) is 1. The molecular formula is C19H15N5O4S. The molecule has 10 heteroatoms. The fourth-order valence-electron chi connectivity index (χ4n) is 3.15. The standard InChI is InChI=1S/C19H15N5O4S/c1-26-11-4-5-12(15(8-11)27-2)17-21-22-18-24(17)23-14(9-29-18)10-3-6-13-16(7-10)28-19(25)20-13/h3-8H,9H2,1-2H3,(H,20,25). The van der Waals surface area contributed by atoms with Crippen LogP contribution < -0.4 is 15.2 Å². The molecular weight excluding hydrogens is 394 g/mol. The van der Waals surface area contributed by atoms with Crippen LogP contribution in [0.4, 0.5) is 0 Å². The molecule has 2 aromatic heterocycles. The zero-order chi connectivity index (χ0) is 20.0. The Morgan fingerprint density at radius 2 is 2.03 bits per heavy atom. The summed E-state index contributed by atoms with van der Waals surface area (Å²) in [5.74, 6) is 2.01. The van der Waals surface area contributed by atoms with Gasteiger partial charge in [-0.3, -0.25) is 4.98 Å². The summed E-state index contributed by atoms with van der Waals surface area (Å²) in [5, 5.41) is 14.0. The third-order valence-electron chi connectivity index (χ3n) is 4.57. The SMILES string of the molecule is COc1ccc(-c2nnc3n2N=C(c2ccc4[nH]c(=O)oc4c2)CS3)c(OC)c1. The molecule has 5 rings (SSSR count). The van der Waals surface area contributed by atoms with Gasteiger partial charge in [0.25, 0.3) is 0 Å². The van der Waals surface area contributed by atoms with Crippen LogP contribution in [0.3, 0.4) is 0 Å². The molecule has 0 atom stereocenters.